The van der Waals surface area contributed by atoms with Crippen molar-refractivity contribution in [2.24, 2.45) is 0 Å². The summed E-state index contributed by atoms with van der Waals surface area (Å²) in [7, 11) is 1.78. The van der Waals surface area contributed by atoms with Gasteiger partial charge in [-0.2, -0.15) is 0 Å². The highest BCUT2D eigenvalue weighted by Gasteiger charge is 2.19. The van der Waals surface area contributed by atoms with Gasteiger partial charge in [0.05, 0.1) is 12.1 Å². The van der Waals surface area contributed by atoms with E-state index in [2.05, 4.69) is 10.3 Å². The van der Waals surface area contributed by atoms with Crippen molar-refractivity contribution in [3.8, 4) is 5.88 Å². The quantitative estimate of drug-likeness (QED) is 0.885. The number of aryl methyl sites for hydroxylation is 1. The summed E-state index contributed by atoms with van der Waals surface area (Å²) in [4.78, 5) is 18.4. The maximum Gasteiger partial charge on any atom is 0.322 e. The Bertz CT molecular complexity index is 683. The number of hydrogen-bond acceptors (Lipinski definition) is 3. The van der Waals surface area contributed by atoms with Gasteiger partial charge in [0.1, 0.15) is 5.69 Å². The first-order chi connectivity index (χ1) is 11.4. The van der Waals surface area contributed by atoms with Gasteiger partial charge in [-0.25, -0.2) is 9.78 Å². The standard InChI is InChI=1S/C19H25N3O2/c1-13(2)24-18-17(7-6-12-20-18)21-19(23)22(5)15(4)16-10-8-14(3)9-11-16/h6-13,15H,1-5H3,(H,21,23). The van der Waals surface area contributed by atoms with Gasteiger partial charge >= 0.3 is 6.03 Å². The van der Waals surface area contributed by atoms with E-state index in [9.17, 15) is 4.79 Å². The van der Waals surface area contributed by atoms with Crippen LogP contribution in [0, 0.1) is 6.92 Å². The second-order valence-corrected chi connectivity index (χ2v) is 6.15. The summed E-state index contributed by atoms with van der Waals surface area (Å²) in [5.74, 6) is 0.428. The van der Waals surface area contributed by atoms with Gasteiger partial charge in [-0.3, -0.25) is 0 Å². The summed E-state index contributed by atoms with van der Waals surface area (Å²) in [6, 6.07) is 11.5. The number of benzene rings is 1. The number of nitrogens with one attached hydrogen (secondary N) is 1. The van der Waals surface area contributed by atoms with E-state index < -0.39 is 0 Å². The third-order valence-electron chi connectivity index (χ3n) is 3.82. The number of amides is 2. The number of pyridine rings is 1. The van der Waals surface area contributed by atoms with Crippen molar-refractivity contribution < 1.29 is 9.53 Å². The molecular formula is C19H25N3O2. The normalized spacial score (nSPS) is 11.9. The third-order valence-corrected chi connectivity index (χ3v) is 3.82. The van der Waals surface area contributed by atoms with E-state index in [1.165, 1.54) is 5.56 Å². The summed E-state index contributed by atoms with van der Waals surface area (Å²) < 4.78 is 5.64. The van der Waals surface area contributed by atoms with Gasteiger partial charge in [0.25, 0.3) is 0 Å². The topological polar surface area (TPSA) is 54.5 Å². The molecule has 0 aliphatic rings. The maximum absolute atomic E-state index is 12.6. The zero-order valence-electron chi connectivity index (χ0n) is 14.9. The molecule has 2 rings (SSSR count). The highest BCUT2D eigenvalue weighted by molar-refractivity contribution is 5.90. The van der Waals surface area contributed by atoms with Gasteiger partial charge in [-0.15, -0.1) is 0 Å². The average Bonchev–Trinajstić information content (AvgIpc) is 2.55. The zero-order chi connectivity index (χ0) is 17.7. The number of anilines is 1. The molecule has 0 saturated heterocycles. The Morgan fingerprint density at radius 1 is 1.17 bits per heavy atom. The summed E-state index contributed by atoms with van der Waals surface area (Å²) in [5.41, 5.74) is 2.85. The van der Waals surface area contributed by atoms with Crippen LogP contribution >= 0.6 is 0 Å². The zero-order valence-corrected chi connectivity index (χ0v) is 14.9. The highest BCUT2D eigenvalue weighted by Crippen LogP contribution is 2.24. The molecule has 0 bridgehead atoms. The Morgan fingerprint density at radius 3 is 2.46 bits per heavy atom. The number of aromatic nitrogens is 1. The van der Waals surface area contributed by atoms with Crippen LogP contribution in [0.25, 0.3) is 0 Å². The fourth-order valence-corrected chi connectivity index (χ4v) is 2.25. The molecule has 1 N–H and O–H groups in total. The number of carbonyl (C=O) groups is 1. The summed E-state index contributed by atoms with van der Waals surface area (Å²) in [5, 5.41) is 2.88. The molecule has 1 atom stereocenters. The minimum absolute atomic E-state index is 0.0141. The lowest BCUT2D eigenvalue weighted by Gasteiger charge is -2.26. The van der Waals surface area contributed by atoms with E-state index in [4.69, 9.17) is 4.74 Å². The first-order valence-corrected chi connectivity index (χ1v) is 8.10. The lowest BCUT2D eigenvalue weighted by molar-refractivity contribution is 0.207. The Hall–Kier alpha value is -2.56. The monoisotopic (exact) mass is 327 g/mol. The molecule has 0 aliphatic heterocycles. The van der Waals surface area contributed by atoms with Crippen LogP contribution < -0.4 is 10.1 Å². The van der Waals surface area contributed by atoms with Crippen LogP contribution in [-0.2, 0) is 0 Å². The van der Waals surface area contributed by atoms with Crippen molar-refractivity contribution in [3.05, 3.63) is 53.7 Å². The lowest BCUT2D eigenvalue weighted by Crippen LogP contribution is -2.33. The van der Waals surface area contributed by atoms with E-state index in [1.807, 2.05) is 52.0 Å². The van der Waals surface area contributed by atoms with Crippen LogP contribution in [0.5, 0.6) is 5.88 Å². The lowest BCUT2D eigenvalue weighted by atomic mass is 10.1. The molecule has 24 heavy (non-hydrogen) atoms. The van der Waals surface area contributed by atoms with E-state index in [1.54, 1.807) is 30.3 Å². The molecule has 0 aliphatic carbocycles. The Labute approximate surface area is 143 Å². The van der Waals surface area contributed by atoms with Gasteiger partial charge in [-0.1, -0.05) is 29.8 Å². The molecule has 1 heterocycles. The fourth-order valence-electron chi connectivity index (χ4n) is 2.25. The van der Waals surface area contributed by atoms with Crippen molar-refractivity contribution in [1.29, 1.82) is 0 Å². The minimum atomic E-state index is -0.204. The Balaban J connectivity index is 2.10. The van der Waals surface area contributed by atoms with Gasteiger partial charge in [0.2, 0.25) is 5.88 Å². The highest BCUT2D eigenvalue weighted by atomic mass is 16.5. The second kappa shape index (κ2) is 7.81. The first kappa shape index (κ1) is 17.8. The molecule has 128 valence electrons. The van der Waals surface area contributed by atoms with E-state index in [0.717, 1.165) is 5.56 Å². The number of nitrogens with zero attached hydrogens (tertiary/aromatic N) is 2. The van der Waals surface area contributed by atoms with Crippen molar-refractivity contribution in [1.82, 2.24) is 9.88 Å². The Morgan fingerprint density at radius 2 is 1.83 bits per heavy atom. The van der Waals surface area contributed by atoms with E-state index >= 15 is 0 Å². The van der Waals surface area contributed by atoms with Crippen molar-refractivity contribution in [2.45, 2.75) is 39.8 Å². The van der Waals surface area contributed by atoms with E-state index in [0.29, 0.717) is 11.6 Å². The first-order valence-electron chi connectivity index (χ1n) is 8.10. The molecule has 0 saturated carbocycles. The maximum atomic E-state index is 12.6. The predicted octanol–water partition coefficient (Wildman–Crippen LogP) is 4.40. The minimum Gasteiger partial charge on any atom is -0.473 e. The molecule has 1 aromatic carbocycles. The number of rotatable bonds is 5. The molecule has 5 nitrogen and oxygen atoms in total. The molecule has 0 spiro atoms. The molecule has 1 unspecified atom stereocenters. The Kier molecular flexibility index (Phi) is 5.79. The van der Waals surface area contributed by atoms with Crippen LogP contribution in [0.15, 0.2) is 42.6 Å². The number of ether oxygens (including phenoxy) is 1. The van der Waals surface area contributed by atoms with Crippen molar-refractivity contribution in [2.75, 3.05) is 12.4 Å². The number of hydrogen-bond donors (Lipinski definition) is 1. The molecule has 0 fully saturated rings. The SMILES string of the molecule is Cc1ccc(C(C)N(C)C(=O)Nc2cccnc2OC(C)C)cc1. The van der Waals surface area contributed by atoms with Crippen LogP contribution in [-0.4, -0.2) is 29.1 Å². The van der Waals surface area contributed by atoms with Crippen LogP contribution in [0.1, 0.15) is 37.9 Å². The van der Waals surface area contributed by atoms with Crippen molar-refractivity contribution >= 4 is 11.7 Å². The van der Waals surface area contributed by atoms with Gasteiger partial charge in [-0.05, 0) is 45.4 Å². The predicted molar refractivity (Wildman–Crippen MR) is 96.4 cm³/mol. The fraction of sp³-hybridized carbons (Fsp3) is 0.368. The second-order valence-electron chi connectivity index (χ2n) is 6.15. The van der Waals surface area contributed by atoms with Gasteiger partial charge in [0.15, 0.2) is 0 Å². The van der Waals surface area contributed by atoms with Gasteiger partial charge in [0, 0.05) is 13.2 Å². The molecule has 2 aromatic rings. The number of carbonyl (C=O) groups excluding carboxylic acids is 1. The van der Waals surface area contributed by atoms with E-state index in [-0.39, 0.29) is 18.2 Å². The average molecular weight is 327 g/mol. The van der Waals surface area contributed by atoms with Gasteiger partial charge < -0.3 is 15.0 Å². The summed E-state index contributed by atoms with van der Waals surface area (Å²) in [6.45, 7) is 7.89. The third kappa shape index (κ3) is 4.47. The molecule has 5 heteroatoms. The number of urea groups is 1. The molecular weight excluding hydrogens is 302 g/mol. The van der Waals surface area contributed by atoms with Crippen LogP contribution in [0.4, 0.5) is 10.5 Å². The van der Waals surface area contributed by atoms with Crippen LogP contribution in [0.2, 0.25) is 0 Å². The van der Waals surface area contributed by atoms with Crippen molar-refractivity contribution in [3.63, 3.8) is 0 Å². The summed E-state index contributed by atoms with van der Waals surface area (Å²) >= 11 is 0. The summed E-state index contributed by atoms with van der Waals surface area (Å²) in [6.07, 6.45) is 1.63. The van der Waals surface area contributed by atoms with Crippen LogP contribution in [0.3, 0.4) is 0 Å². The molecule has 0 radical (unpaired) electrons. The molecule has 1 aromatic heterocycles. The largest absolute Gasteiger partial charge is 0.473 e. The molecule has 2 amide bonds. The smallest absolute Gasteiger partial charge is 0.322 e.